The fraction of sp³-hybridized carbons (Fsp3) is 0.333. The first kappa shape index (κ1) is 14.2. The summed E-state index contributed by atoms with van der Waals surface area (Å²) in [5.41, 5.74) is 6.33. The maximum Gasteiger partial charge on any atom is 0.270 e. The number of hydrogen-bond acceptors (Lipinski definition) is 6. The van der Waals surface area contributed by atoms with Crippen LogP contribution in [-0.2, 0) is 0 Å². The molecule has 1 aliphatic rings. The summed E-state index contributed by atoms with van der Waals surface area (Å²) in [5, 5.41) is 14.5. The van der Waals surface area contributed by atoms with Crippen LogP contribution in [0.15, 0.2) is 18.2 Å². The summed E-state index contributed by atoms with van der Waals surface area (Å²) < 4.78 is 0. The molecule has 3 rings (SSSR count). The largest absolute Gasteiger partial charge is 0.383 e. The Balaban J connectivity index is 2.01. The highest BCUT2D eigenvalue weighted by atomic mass is 16.6. The molecule has 0 aliphatic carbocycles. The van der Waals surface area contributed by atoms with Crippen molar-refractivity contribution < 1.29 is 4.92 Å². The molecule has 1 atom stereocenters. The molecule has 0 amide bonds. The minimum atomic E-state index is -0.472. The molecule has 2 aromatic rings. The lowest BCUT2D eigenvalue weighted by molar-refractivity contribution is -0.384. The summed E-state index contributed by atoms with van der Waals surface area (Å²) in [4.78, 5) is 18.8. The zero-order chi connectivity index (χ0) is 15.7. The summed E-state index contributed by atoms with van der Waals surface area (Å²) in [6.45, 7) is 3.89. The van der Waals surface area contributed by atoms with Crippen molar-refractivity contribution in [1.29, 1.82) is 0 Å². The number of non-ortho nitro benzene ring substituents is 1. The number of rotatable bonds is 1. The number of anilines is 1. The molecule has 1 unspecified atom stereocenters. The second-order valence-electron chi connectivity index (χ2n) is 5.63. The number of nitrogens with zero attached hydrogens (tertiary/aromatic N) is 3. The predicted molar refractivity (Wildman–Crippen MR) is 83.1 cm³/mol. The standard InChI is InChI=1S/C15H15N5O2/c1-15(6-7-17-9-15)5-4-13-18-12-3-2-10(20(21)22)8-11(12)14(16)19-13/h2-3,8,17H,6-7,9H2,1H3,(H2,16,18,19). The topological polar surface area (TPSA) is 107 Å². The van der Waals surface area contributed by atoms with Crippen molar-refractivity contribution in [3.8, 4) is 11.8 Å². The Hall–Kier alpha value is -2.72. The molecule has 1 aromatic heterocycles. The molecule has 7 nitrogen and oxygen atoms in total. The van der Waals surface area contributed by atoms with Gasteiger partial charge in [0.05, 0.1) is 10.4 Å². The van der Waals surface area contributed by atoms with Gasteiger partial charge in [-0.2, -0.15) is 0 Å². The Morgan fingerprint density at radius 1 is 1.45 bits per heavy atom. The number of nitrogen functional groups attached to an aromatic ring is 1. The maximum absolute atomic E-state index is 10.8. The van der Waals surface area contributed by atoms with Crippen molar-refractivity contribution in [2.75, 3.05) is 18.8 Å². The van der Waals surface area contributed by atoms with Crippen LogP contribution in [0.25, 0.3) is 10.9 Å². The van der Waals surface area contributed by atoms with Crippen molar-refractivity contribution in [3.63, 3.8) is 0 Å². The normalized spacial score (nSPS) is 20.6. The average Bonchev–Trinajstić information content (AvgIpc) is 2.92. The Morgan fingerprint density at radius 2 is 2.27 bits per heavy atom. The van der Waals surface area contributed by atoms with Gasteiger partial charge in [-0.15, -0.1) is 0 Å². The van der Waals surface area contributed by atoms with Crippen molar-refractivity contribution >= 4 is 22.4 Å². The zero-order valence-electron chi connectivity index (χ0n) is 12.1. The van der Waals surface area contributed by atoms with Crippen LogP contribution in [0.3, 0.4) is 0 Å². The average molecular weight is 297 g/mol. The number of benzene rings is 1. The molecule has 7 heteroatoms. The first-order valence-electron chi connectivity index (χ1n) is 6.92. The monoisotopic (exact) mass is 297 g/mol. The predicted octanol–water partition coefficient (Wildman–Crippen LogP) is 1.47. The van der Waals surface area contributed by atoms with Gasteiger partial charge in [-0.1, -0.05) is 5.92 Å². The van der Waals surface area contributed by atoms with Crippen LogP contribution < -0.4 is 11.1 Å². The van der Waals surface area contributed by atoms with E-state index in [0.717, 1.165) is 19.5 Å². The molecule has 3 N–H and O–H groups in total. The Kier molecular flexibility index (Phi) is 3.39. The lowest BCUT2D eigenvalue weighted by atomic mass is 9.91. The minimum Gasteiger partial charge on any atom is -0.383 e. The summed E-state index contributed by atoms with van der Waals surface area (Å²) in [5.74, 6) is 6.71. The molecule has 1 aliphatic heterocycles. The van der Waals surface area contributed by atoms with Gasteiger partial charge in [-0.05, 0) is 31.9 Å². The van der Waals surface area contributed by atoms with Gasteiger partial charge in [0.15, 0.2) is 0 Å². The van der Waals surface area contributed by atoms with Gasteiger partial charge in [0.25, 0.3) is 5.69 Å². The highest BCUT2D eigenvalue weighted by Gasteiger charge is 2.26. The highest BCUT2D eigenvalue weighted by molar-refractivity contribution is 5.90. The van der Waals surface area contributed by atoms with Crippen molar-refractivity contribution in [3.05, 3.63) is 34.1 Å². The Labute approximate surface area is 127 Å². The zero-order valence-corrected chi connectivity index (χ0v) is 12.1. The van der Waals surface area contributed by atoms with Gasteiger partial charge in [0.1, 0.15) is 5.82 Å². The highest BCUT2D eigenvalue weighted by Crippen LogP contribution is 2.24. The van der Waals surface area contributed by atoms with Crippen LogP contribution in [-0.4, -0.2) is 28.0 Å². The van der Waals surface area contributed by atoms with Gasteiger partial charge in [0, 0.05) is 29.5 Å². The van der Waals surface area contributed by atoms with Crippen LogP contribution in [0.2, 0.25) is 0 Å². The van der Waals surface area contributed by atoms with E-state index in [1.54, 1.807) is 6.07 Å². The molecule has 1 saturated heterocycles. The summed E-state index contributed by atoms with van der Waals surface area (Å²) in [6, 6.07) is 4.34. The van der Waals surface area contributed by atoms with E-state index in [1.165, 1.54) is 12.1 Å². The Morgan fingerprint density at radius 3 is 2.95 bits per heavy atom. The molecule has 2 heterocycles. The number of hydrogen-bond donors (Lipinski definition) is 2. The third-order valence-electron chi connectivity index (χ3n) is 3.76. The minimum absolute atomic E-state index is 0.0359. The molecule has 22 heavy (non-hydrogen) atoms. The summed E-state index contributed by atoms with van der Waals surface area (Å²) in [6.07, 6.45) is 0.981. The number of nitrogens with two attached hydrogens (primary N) is 1. The molecule has 0 radical (unpaired) electrons. The van der Waals surface area contributed by atoms with Gasteiger partial charge in [-0.3, -0.25) is 10.1 Å². The fourth-order valence-corrected chi connectivity index (χ4v) is 2.44. The van der Waals surface area contributed by atoms with Gasteiger partial charge >= 0.3 is 0 Å². The lowest BCUT2D eigenvalue weighted by Crippen LogP contribution is -2.17. The van der Waals surface area contributed by atoms with Crippen LogP contribution in [0, 0.1) is 27.4 Å². The van der Waals surface area contributed by atoms with Crippen LogP contribution in [0.1, 0.15) is 19.2 Å². The van der Waals surface area contributed by atoms with Crippen molar-refractivity contribution in [1.82, 2.24) is 15.3 Å². The molecular formula is C15H15N5O2. The third-order valence-corrected chi connectivity index (χ3v) is 3.76. The molecule has 1 fully saturated rings. The van der Waals surface area contributed by atoms with Crippen LogP contribution >= 0.6 is 0 Å². The van der Waals surface area contributed by atoms with E-state index in [0.29, 0.717) is 16.7 Å². The van der Waals surface area contributed by atoms with E-state index in [4.69, 9.17) is 5.73 Å². The van der Waals surface area contributed by atoms with E-state index in [2.05, 4.69) is 34.0 Å². The van der Waals surface area contributed by atoms with Crippen molar-refractivity contribution in [2.45, 2.75) is 13.3 Å². The first-order valence-corrected chi connectivity index (χ1v) is 6.92. The van der Waals surface area contributed by atoms with E-state index < -0.39 is 4.92 Å². The van der Waals surface area contributed by atoms with E-state index in [9.17, 15) is 10.1 Å². The molecule has 0 spiro atoms. The van der Waals surface area contributed by atoms with E-state index >= 15 is 0 Å². The number of nitrogens with one attached hydrogen (secondary N) is 1. The van der Waals surface area contributed by atoms with Crippen LogP contribution in [0.4, 0.5) is 11.5 Å². The summed E-state index contributed by atoms with van der Waals surface area (Å²) in [7, 11) is 0. The quantitative estimate of drug-likeness (QED) is 0.469. The second-order valence-corrected chi connectivity index (χ2v) is 5.63. The van der Waals surface area contributed by atoms with E-state index in [-0.39, 0.29) is 16.9 Å². The van der Waals surface area contributed by atoms with Gasteiger partial charge in [0.2, 0.25) is 5.82 Å². The lowest BCUT2D eigenvalue weighted by Gasteiger charge is -2.12. The maximum atomic E-state index is 10.8. The summed E-state index contributed by atoms with van der Waals surface area (Å²) >= 11 is 0. The molecule has 1 aromatic carbocycles. The molecule has 0 saturated carbocycles. The van der Waals surface area contributed by atoms with Gasteiger partial charge in [-0.25, -0.2) is 9.97 Å². The van der Waals surface area contributed by atoms with E-state index in [1.807, 2.05) is 0 Å². The molecule has 0 bridgehead atoms. The number of nitro groups is 1. The number of fused-ring (bicyclic) bond motifs is 1. The van der Waals surface area contributed by atoms with Gasteiger partial charge < -0.3 is 11.1 Å². The number of nitro benzene ring substituents is 1. The molecule has 112 valence electrons. The molecular weight excluding hydrogens is 282 g/mol. The fourth-order valence-electron chi connectivity index (χ4n) is 2.44. The SMILES string of the molecule is CC1(C#Cc2nc(N)c3cc([N+](=O)[O-])ccc3n2)CCNC1. The first-order chi connectivity index (χ1) is 10.5. The van der Waals surface area contributed by atoms with Crippen molar-refractivity contribution in [2.24, 2.45) is 5.41 Å². The number of aromatic nitrogens is 2. The third kappa shape index (κ3) is 2.69. The second kappa shape index (κ2) is 5.24. The Bertz CT molecular complexity index is 816. The van der Waals surface area contributed by atoms with Crippen LogP contribution in [0.5, 0.6) is 0 Å². The smallest absolute Gasteiger partial charge is 0.270 e.